The molecule has 162 valence electrons. The van der Waals surface area contributed by atoms with Crippen molar-refractivity contribution >= 4 is 21.8 Å². The molecule has 2 amide bonds. The van der Waals surface area contributed by atoms with Gasteiger partial charge in [0.2, 0.25) is 10.0 Å². The number of benzene rings is 2. The minimum atomic E-state index is -3.77. The molecule has 0 radical (unpaired) electrons. The summed E-state index contributed by atoms with van der Waals surface area (Å²) in [5, 5.41) is 0. The molecule has 3 N–H and O–H groups in total. The Hall–Kier alpha value is -3.63. The molecule has 0 aliphatic heterocycles. The molecule has 0 aliphatic rings. The van der Waals surface area contributed by atoms with E-state index < -0.39 is 21.8 Å². The predicted molar refractivity (Wildman–Crippen MR) is 111 cm³/mol. The van der Waals surface area contributed by atoms with Crippen molar-refractivity contribution in [2.24, 2.45) is 0 Å². The molecule has 31 heavy (non-hydrogen) atoms. The van der Waals surface area contributed by atoms with Crippen molar-refractivity contribution in [1.82, 2.24) is 15.6 Å². The highest BCUT2D eigenvalue weighted by atomic mass is 32.2. The van der Waals surface area contributed by atoms with Crippen LogP contribution < -0.4 is 20.3 Å². The lowest BCUT2D eigenvalue weighted by molar-refractivity contribution is -0.123. The van der Waals surface area contributed by atoms with Crippen LogP contribution in [0.1, 0.15) is 21.7 Å². The van der Waals surface area contributed by atoms with E-state index >= 15 is 0 Å². The van der Waals surface area contributed by atoms with Gasteiger partial charge in [-0.05, 0) is 61.0 Å². The molecule has 1 heterocycles. The van der Waals surface area contributed by atoms with E-state index in [0.29, 0.717) is 11.5 Å². The summed E-state index contributed by atoms with van der Waals surface area (Å²) in [5.74, 6) is -0.131. The summed E-state index contributed by atoms with van der Waals surface area (Å²) in [5.41, 5.74) is 5.66. The zero-order chi connectivity index (χ0) is 22.3. The van der Waals surface area contributed by atoms with Crippen LogP contribution in [0.2, 0.25) is 0 Å². The fraction of sp³-hybridized carbons (Fsp3) is 0.143. The topological polar surface area (TPSA) is 127 Å². The molecule has 1 aromatic heterocycles. The Bertz CT molecular complexity index is 1140. The molecule has 3 rings (SSSR count). The van der Waals surface area contributed by atoms with Crippen LogP contribution in [0.25, 0.3) is 0 Å². The zero-order valence-corrected chi connectivity index (χ0v) is 17.4. The van der Waals surface area contributed by atoms with Gasteiger partial charge in [-0.15, -0.1) is 0 Å². The second-order valence-corrected chi connectivity index (χ2v) is 8.30. The number of amides is 2. The smallest absolute Gasteiger partial charge is 0.276 e. The Kier molecular flexibility index (Phi) is 7.06. The van der Waals surface area contributed by atoms with Crippen molar-refractivity contribution in [2.75, 3.05) is 6.61 Å². The third-order valence-electron chi connectivity index (χ3n) is 4.12. The average molecular weight is 443 g/mol. The van der Waals surface area contributed by atoms with Crippen molar-refractivity contribution < 1.29 is 27.2 Å². The second kappa shape index (κ2) is 9.92. The molecule has 0 aliphatic carbocycles. The van der Waals surface area contributed by atoms with Gasteiger partial charge < -0.3 is 9.15 Å². The summed E-state index contributed by atoms with van der Waals surface area (Å²) >= 11 is 0. The SMILES string of the molecule is Cc1cccc(OCC(=O)NNC(=O)c2ccc(S(=O)(=O)NCc3ccco3)cc2)c1. The molecule has 0 atom stereocenters. The lowest BCUT2D eigenvalue weighted by Crippen LogP contribution is -2.43. The van der Waals surface area contributed by atoms with Gasteiger partial charge in [-0.25, -0.2) is 13.1 Å². The normalized spacial score (nSPS) is 11.0. The van der Waals surface area contributed by atoms with E-state index in [4.69, 9.17) is 9.15 Å². The maximum absolute atomic E-state index is 12.3. The first-order chi connectivity index (χ1) is 14.8. The van der Waals surface area contributed by atoms with Crippen molar-refractivity contribution in [2.45, 2.75) is 18.4 Å². The van der Waals surface area contributed by atoms with Gasteiger partial charge in [-0.1, -0.05) is 12.1 Å². The third-order valence-corrected chi connectivity index (χ3v) is 5.54. The minimum Gasteiger partial charge on any atom is -0.484 e. The summed E-state index contributed by atoms with van der Waals surface area (Å²) < 4.78 is 37.5. The fourth-order valence-corrected chi connectivity index (χ4v) is 3.53. The molecule has 0 fully saturated rings. The molecule has 0 bridgehead atoms. The number of ether oxygens (including phenoxy) is 1. The van der Waals surface area contributed by atoms with E-state index in [9.17, 15) is 18.0 Å². The molecular weight excluding hydrogens is 422 g/mol. The summed E-state index contributed by atoms with van der Waals surface area (Å²) in [6, 6.07) is 15.8. The second-order valence-electron chi connectivity index (χ2n) is 6.54. The van der Waals surface area contributed by atoms with Crippen LogP contribution in [0.15, 0.2) is 76.2 Å². The number of rotatable bonds is 8. The lowest BCUT2D eigenvalue weighted by atomic mass is 10.2. The van der Waals surface area contributed by atoms with E-state index in [-0.39, 0.29) is 23.6 Å². The zero-order valence-electron chi connectivity index (χ0n) is 16.6. The molecule has 0 unspecified atom stereocenters. The Morgan fingerprint density at radius 1 is 1.00 bits per heavy atom. The lowest BCUT2D eigenvalue weighted by Gasteiger charge is -2.10. The largest absolute Gasteiger partial charge is 0.484 e. The van der Waals surface area contributed by atoms with Gasteiger partial charge >= 0.3 is 0 Å². The van der Waals surface area contributed by atoms with Gasteiger partial charge in [-0.2, -0.15) is 0 Å². The number of hydrazine groups is 1. The number of carbonyl (C=O) groups is 2. The molecule has 9 nitrogen and oxygen atoms in total. The summed E-state index contributed by atoms with van der Waals surface area (Å²) in [4.78, 5) is 24.0. The number of furan rings is 1. The van der Waals surface area contributed by atoms with Crippen LogP contribution in [0.5, 0.6) is 5.75 Å². The van der Waals surface area contributed by atoms with Gasteiger partial charge in [0.1, 0.15) is 11.5 Å². The molecular formula is C21H21N3O6S. The summed E-state index contributed by atoms with van der Waals surface area (Å²) in [6.45, 7) is 1.63. The number of nitrogens with one attached hydrogen (secondary N) is 3. The maximum Gasteiger partial charge on any atom is 0.276 e. The Balaban J connectivity index is 1.48. The third kappa shape index (κ3) is 6.43. The van der Waals surface area contributed by atoms with Crippen LogP contribution in [-0.4, -0.2) is 26.8 Å². The highest BCUT2D eigenvalue weighted by molar-refractivity contribution is 7.89. The number of hydrogen-bond acceptors (Lipinski definition) is 6. The maximum atomic E-state index is 12.3. The number of aryl methyl sites for hydroxylation is 1. The quantitative estimate of drug-likeness (QED) is 0.457. The molecule has 0 saturated carbocycles. The van der Waals surface area contributed by atoms with Crippen LogP contribution in [0.4, 0.5) is 0 Å². The van der Waals surface area contributed by atoms with Gasteiger partial charge in [0.05, 0.1) is 17.7 Å². The minimum absolute atomic E-state index is 0.00815. The predicted octanol–water partition coefficient (Wildman–Crippen LogP) is 1.91. The fourth-order valence-electron chi connectivity index (χ4n) is 2.54. The molecule has 0 spiro atoms. The van der Waals surface area contributed by atoms with Gasteiger partial charge in [0.15, 0.2) is 6.61 Å². The molecule has 10 heteroatoms. The van der Waals surface area contributed by atoms with Gasteiger partial charge in [-0.3, -0.25) is 20.4 Å². The van der Waals surface area contributed by atoms with Crippen LogP contribution >= 0.6 is 0 Å². The molecule has 3 aromatic rings. The van der Waals surface area contributed by atoms with Crippen molar-refractivity contribution in [3.8, 4) is 5.75 Å². The van der Waals surface area contributed by atoms with E-state index in [0.717, 1.165) is 5.56 Å². The first-order valence-electron chi connectivity index (χ1n) is 9.24. The van der Waals surface area contributed by atoms with Crippen LogP contribution in [0, 0.1) is 6.92 Å². The highest BCUT2D eigenvalue weighted by Gasteiger charge is 2.16. The Labute approximate surface area is 179 Å². The van der Waals surface area contributed by atoms with Crippen molar-refractivity contribution in [3.63, 3.8) is 0 Å². The van der Waals surface area contributed by atoms with Gasteiger partial charge in [0.25, 0.3) is 11.8 Å². The number of hydrogen-bond donors (Lipinski definition) is 3. The average Bonchev–Trinajstić information content (AvgIpc) is 3.29. The van der Waals surface area contributed by atoms with E-state index in [1.165, 1.54) is 30.5 Å². The van der Waals surface area contributed by atoms with Crippen LogP contribution in [-0.2, 0) is 21.4 Å². The summed E-state index contributed by atoms with van der Waals surface area (Å²) in [6.07, 6.45) is 1.45. The number of sulfonamides is 1. The monoisotopic (exact) mass is 443 g/mol. The highest BCUT2D eigenvalue weighted by Crippen LogP contribution is 2.13. The first kappa shape index (κ1) is 22.1. The van der Waals surface area contributed by atoms with Crippen LogP contribution in [0.3, 0.4) is 0 Å². The standard InChI is InChI=1S/C21H21N3O6S/c1-15-4-2-5-17(12-15)30-14-20(25)23-24-21(26)16-7-9-19(10-8-16)31(27,28)22-13-18-6-3-11-29-18/h2-12,22H,13-14H2,1H3,(H,23,25)(H,24,26). The van der Waals surface area contributed by atoms with Crippen molar-refractivity contribution in [3.05, 3.63) is 83.8 Å². The molecule has 0 saturated heterocycles. The van der Waals surface area contributed by atoms with E-state index in [1.54, 1.807) is 30.3 Å². The Morgan fingerprint density at radius 3 is 2.45 bits per heavy atom. The van der Waals surface area contributed by atoms with Gasteiger partial charge in [0, 0.05) is 5.56 Å². The summed E-state index contributed by atoms with van der Waals surface area (Å²) in [7, 11) is -3.77. The van der Waals surface area contributed by atoms with Crippen molar-refractivity contribution in [1.29, 1.82) is 0 Å². The first-order valence-corrected chi connectivity index (χ1v) is 10.7. The molecule has 2 aromatic carbocycles. The number of carbonyl (C=O) groups excluding carboxylic acids is 2. The van der Waals surface area contributed by atoms with E-state index in [2.05, 4.69) is 15.6 Å². The van der Waals surface area contributed by atoms with E-state index in [1.807, 2.05) is 13.0 Å². The Morgan fingerprint density at radius 2 is 1.77 bits per heavy atom.